The number of hydrogen-bond acceptors (Lipinski definition) is 5. The van der Waals surface area contributed by atoms with Crippen molar-refractivity contribution in [1.29, 1.82) is 0 Å². The Labute approximate surface area is 111 Å². The number of hydrogen-bond donors (Lipinski definition) is 2. The van der Waals surface area contributed by atoms with Crippen LogP contribution in [0.2, 0.25) is 0 Å². The first-order valence-electron chi connectivity index (χ1n) is 5.69. The third-order valence-electron chi connectivity index (χ3n) is 2.65. The molecule has 0 unspecified atom stereocenters. The van der Waals surface area contributed by atoms with Crippen molar-refractivity contribution >= 4 is 11.4 Å². The van der Waals surface area contributed by atoms with Crippen LogP contribution >= 0.6 is 0 Å². The second-order valence-corrected chi connectivity index (χ2v) is 3.91. The van der Waals surface area contributed by atoms with Crippen molar-refractivity contribution in [3.05, 3.63) is 36.4 Å². The van der Waals surface area contributed by atoms with Gasteiger partial charge in [-0.15, -0.1) is 0 Å². The van der Waals surface area contributed by atoms with Gasteiger partial charge < -0.3 is 25.7 Å². The Morgan fingerprint density at radius 2 is 1.16 bits per heavy atom. The van der Waals surface area contributed by atoms with Crippen molar-refractivity contribution in [3.63, 3.8) is 0 Å². The maximum absolute atomic E-state index is 5.74. The molecule has 0 bridgehead atoms. The second kappa shape index (κ2) is 5.39. The second-order valence-electron chi connectivity index (χ2n) is 3.91. The molecule has 0 aliphatic heterocycles. The summed E-state index contributed by atoms with van der Waals surface area (Å²) >= 11 is 0. The highest BCUT2D eigenvalue weighted by Gasteiger charge is 2.05. The van der Waals surface area contributed by atoms with E-state index < -0.39 is 0 Å². The highest BCUT2D eigenvalue weighted by atomic mass is 16.5. The lowest BCUT2D eigenvalue weighted by atomic mass is 10.2. The fourth-order valence-corrected chi connectivity index (χ4v) is 1.65. The van der Waals surface area contributed by atoms with E-state index in [9.17, 15) is 0 Å². The molecule has 19 heavy (non-hydrogen) atoms. The maximum atomic E-state index is 5.74. The van der Waals surface area contributed by atoms with E-state index >= 15 is 0 Å². The molecule has 5 heteroatoms. The quantitative estimate of drug-likeness (QED) is 0.826. The molecule has 0 saturated carbocycles. The lowest BCUT2D eigenvalue weighted by Crippen LogP contribution is -1.94. The first-order valence-corrected chi connectivity index (χ1v) is 5.69. The normalized spacial score (nSPS) is 10.0. The maximum Gasteiger partial charge on any atom is 0.145 e. The Bertz CT molecular complexity index is 533. The average molecular weight is 260 g/mol. The van der Waals surface area contributed by atoms with Gasteiger partial charge in [0, 0.05) is 12.1 Å². The van der Waals surface area contributed by atoms with E-state index in [4.69, 9.17) is 25.7 Å². The minimum absolute atomic E-state index is 0.560. The summed E-state index contributed by atoms with van der Waals surface area (Å²) in [7, 11) is 3.11. The topological polar surface area (TPSA) is 79.7 Å². The number of benzene rings is 2. The first kappa shape index (κ1) is 12.9. The number of anilines is 2. The van der Waals surface area contributed by atoms with E-state index in [1.54, 1.807) is 50.6 Å². The summed E-state index contributed by atoms with van der Waals surface area (Å²) in [5.41, 5.74) is 12.6. The summed E-state index contributed by atoms with van der Waals surface area (Å²) < 4.78 is 16.0. The number of methoxy groups -OCH3 is 2. The first-order chi connectivity index (χ1) is 9.13. The average Bonchev–Trinajstić information content (AvgIpc) is 2.43. The minimum atomic E-state index is 0.560. The Balaban J connectivity index is 2.25. The van der Waals surface area contributed by atoms with Crippen molar-refractivity contribution in [2.75, 3.05) is 25.7 Å². The van der Waals surface area contributed by atoms with Crippen LogP contribution in [0.3, 0.4) is 0 Å². The molecule has 0 saturated heterocycles. The Hall–Kier alpha value is -2.56. The molecule has 2 rings (SSSR count). The van der Waals surface area contributed by atoms with E-state index in [-0.39, 0.29) is 0 Å². The van der Waals surface area contributed by atoms with Gasteiger partial charge in [0.15, 0.2) is 0 Å². The van der Waals surface area contributed by atoms with Gasteiger partial charge >= 0.3 is 0 Å². The van der Waals surface area contributed by atoms with E-state index in [0.717, 1.165) is 0 Å². The zero-order valence-electron chi connectivity index (χ0n) is 10.8. The van der Waals surface area contributed by atoms with Crippen LogP contribution in [-0.2, 0) is 0 Å². The van der Waals surface area contributed by atoms with Crippen LogP contribution in [0, 0.1) is 0 Å². The van der Waals surface area contributed by atoms with Gasteiger partial charge in [-0.3, -0.25) is 0 Å². The fourth-order valence-electron chi connectivity index (χ4n) is 1.65. The fraction of sp³-hybridized carbons (Fsp3) is 0.143. The molecule has 100 valence electrons. The van der Waals surface area contributed by atoms with Crippen molar-refractivity contribution in [2.24, 2.45) is 0 Å². The Kier molecular flexibility index (Phi) is 3.66. The van der Waals surface area contributed by atoms with Gasteiger partial charge in [-0.2, -0.15) is 0 Å². The lowest BCUT2D eigenvalue weighted by molar-refractivity contribution is 0.406. The van der Waals surface area contributed by atoms with Crippen LogP contribution in [0.5, 0.6) is 23.0 Å². The molecule has 0 spiro atoms. The molecule has 4 N–H and O–H groups in total. The van der Waals surface area contributed by atoms with Crippen LogP contribution in [0.4, 0.5) is 11.4 Å². The van der Waals surface area contributed by atoms with Gasteiger partial charge in [0.25, 0.3) is 0 Å². The summed E-state index contributed by atoms with van der Waals surface area (Å²) in [6.45, 7) is 0. The van der Waals surface area contributed by atoms with Gasteiger partial charge in [0.05, 0.1) is 25.6 Å². The summed E-state index contributed by atoms with van der Waals surface area (Å²) in [5.74, 6) is 2.38. The minimum Gasteiger partial charge on any atom is -0.494 e. The molecule has 0 aliphatic carbocycles. The third kappa shape index (κ3) is 2.82. The molecular formula is C14H16N2O3. The number of ether oxygens (including phenoxy) is 3. The van der Waals surface area contributed by atoms with Crippen molar-refractivity contribution in [1.82, 2.24) is 0 Å². The lowest BCUT2D eigenvalue weighted by Gasteiger charge is -2.11. The van der Waals surface area contributed by atoms with Crippen LogP contribution < -0.4 is 25.7 Å². The monoisotopic (exact) mass is 260 g/mol. The SMILES string of the molecule is COc1cc(Oc2ccc(N)c(OC)c2)ccc1N. The summed E-state index contributed by atoms with van der Waals surface area (Å²) in [4.78, 5) is 0. The number of rotatable bonds is 4. The molecule has 2 aromatic carbocycles. The predicted octanol–water partition coefficient (Wildman–Crippen LogP) is 2.66. The summed E-state index contributed by atoms with van der Waals surface area (Å²) in [5, 5.41) is 0. The molecule has 2 aromatic rings. The molecule has 0 amide bonds. The number of nitrogen functional groups attached to an aromatic ring is 2. The largest absolute Gasteiger partial charge is 0.494 e. The van der Waals surface area contributed by atoms with Gasteiger partial charge in [-0.25, -0.2) is 0 Å². The molecule has 0 aromatic heterocycles. The molecule has 0 radical (unpaired) electrons. The van der Waals surface area contributed by atoms with E-state index in [1.807, 2.05) is 0 Å². The van der Waals surface area contributed by atoms with Crippen molar-refractivity contribution in [2.45, 2.75) is 0 Å². The zero-order valence-corrected chi connectivity index (χ0v) is 10.8. The van der Waals surface area contributed by atoms with Crippen LogP contribution in [-0.4, -0.2) is 14.2 Å². The highest BCUT2D eigenvalue weighted by Crippen LogP contribution is 2.32. The smallest absolute Gasteiger partial charge is 0.145 e. The van der Waals surface area contributed by atoms with Gasteiger partial charge in [0.1, 0.15) is 23.0 Å². The predicted molar refractivity (Wildman–Crippen MR) is 74.9 cm³/mol. The van der Waals surface area contributed by atoms with E-state index in [2.05, 4.69) is 0 Å². The summed E-state index contributed by atoms with van der Waals surface area (Å²) in [6.07, 6.45) is 0. The Morgan fingerprint density at radius 3 is 1.53 bits per heavy atom. The zero-order chi connectivity index (χ0) is 13.8. The van der Waals surface area contributed by atoms with Gasteiger partial charge in [-0.1, -0.05) is 0 Å². The molecule has 0 aliphatic rings. The summed E-state index contributed by atoms with van der Waals surface area (Å²) in [6, 6.07) is 10.4. The third-order valence-corrected chi connectivity index (χ3v) is 2.65. The molecule has 0 fully saturated rings. The Morgan fingerprint density at radius 1 is 0.737 bits per heavy atom. The van der Waals surface area contributed by atoms with E-state index in [1.165, 1.54) is 0 Å². The van der Waals surface area contributed by atoms with Gasteiger partial charge in [-0.05, 0) is 24.3 Å². The van der Waals surface area contributed by atoms with E-state index in [0.29, 0.717) is 34.4 Å². The molecule has 5 nitrogen and oxygen atoms in total. The molecule has 0 heterocycles. The standard InChI is InChI=1S/C14H16N2O3/c1-17-13-7-9(3-5-11(13)15)19-10-4-6-12(16)14(8-10)18-2/h3-8H,15-16H2,1-2H3. The van der Waals surface area contributed by atoms with Crippen LogP contribution in [0.25, 0.3) is 0 Å². The molecule has 0 atom stereocenters. The van der Waals surface area contributed by atoms with Crippen LogP contribution in [0.15, 0.2) is 36.4 Å². The van der Waals surface area contributed by atoms with Crippen molar-refractivity contribution < 1.29 is 14.2 Å². The molecular weight excluding hydrogens is 244 g/mol. The highest BCUT2D eigenvalue weighted by molar-refractivity contribution is 5.58. The van der Waals surface area contributed by atoms with Gasteiger partial charge in [0.2, 0.25) is 0 Å². The number of nitrogens with two attached hydrogens (primary N) is 2. The van der Waals surface area contributed by atoms with Crippen LogP contribution in [0.1, 0.15) is 0 Å². The van der Waals surface area contributed by atoms with Crippen molar-refractivity contribution in [3.8, 4) is 23.0 Å².